The molecule has 98 valence electrons. The summed E-state index contributed by atoms with van der Waals surface area (Å²) < 4.78 is 0.921. The minimum Gasteiger partial charge on any atom is -0.306 e. The average Bonchev–Trinajstić information content (AvgIpc) is 2.75. The van der Waals surface area contributed by atoms with Crippen molar-refractivity contribution in [2.75, 3.05) is 32.1 Å². The van der Waals surface area contributed by atoms with Gasteiger partial charge in [0, 0.05) is 30.7 Å². The van der Waals surface area contributed by atoms with Gasteiger partial charge in [-0.25, -0.2) is 4.98 Å². The molecule has 0 spiro atoms. The third kappa shape index (κ3) is 3.29. The van der Waals surface area contributed by atoms with E-state index in [1.54, 1.807) is 18.1 Å². The van der Waals surface area contributed by atoms with Crippen LogP contribution in [0.3, 0.4) is 0 Å². The minimum absolute atomic E-state index is 0.144. The summed E-state index contributed by atoms with van der Waals surface area (Å²) in [6.07, 6.45) is 3.44. The summed E-state index contributed by atoms with van der Waals surface area (Å²) in [5.74, 6) is 1.33. The predicted molar refractivity (Wildman–Crippen MR) is 75.6 cm³/mol. The van der Waals surface area contributed by atoms with Gasteiger partial charge in [0.15, 0.2) is 0 Å². The molecule has 5 heteroatoms. The van der Waals surface area contributed by atoms with Crippen LogP contribution in [0.15, 0.2) is 22.8 Å². The number of nitrogens with zero attached hydrogens (tertiary/aromatic N) is 3. The Bertz CT molecular complexity index is 421. The van der Waals surface area contributed by atoms with Crippen molar-refractivity contribution in [3.63, 3.8) is 0 Å². The van der Waals surface area contributed by atoms with E-state index in [2.05, 4.69) is 32.9 Å². The summed E-state index contributed by atoms with van der Waals surface area (Å²) in [5, 5.41) is 0. The van der Waals surface area contributed by atoms with Crippen LogP contribution >= 0.6 is 15.9 Å². The van der Waals surface area contributed by atoms with Crippen LogP contribution in [0.2, 0.25) is 0 Å². The maximum absolute atomic E-state index is 12.1. The standard InChI is InChI=1S/C13H18BrN3O/c1-16-6-5-10(9-16)7-13(18)17(2)12-4-3-11(14)8-15-12/h3-4,8,10H,5-7,9H2,1-2H3. The summed E-state index contributed by atoms with van der Waals surface area (Å²) in [4.78, 5) is 20.3. The first-order chi connectivity index (χ1) is 8.56. The zero-order chi connectivity index (χ0) is 13.1. The zero-order valence-corrected chi connectivity index (χ0v) is 12.4. The van der Waals surface area contributed by atoms with Crippen molar-refractivity contribution in [1.29, 1.82) is 0 Å². The fraction of sp³-hybridized carbons (Fsp3) is 0.538. The van der Waals surface area contributed by atoms with Gasteiger partial charge in [-0.3, -0.25) is 9.69 Å². The molecule has 1 saturated heterocycles. The molecule has 0 bridgehead atoms. The van der Waals surface area contributed by atoms with Crippen molar-refractivity contribution in [1.82, 2.24) is 9.88 Å². The number of hydrogen-bond donors (Lipinski definition) is 0. The van der Waals surface area contributed by atoms with E-state index in [0.717, 1.165) is 24.0 Å². The van der Waals surface area contributed by atoms with Gasteiger partial charge in [-0.2, -0.15) is 0 Å². The first-order valence-corrected chi connectivity index (χ1v) is 6.92. The molecule has 1 aliphatic rings. The molecule has 1 amide bonds. The highest BCUT2D eigenvalue weighted by atomic mass is 79.9. The van der Waals surface area contributed by atoms with E-state index in [4.69, 9.17) is 0 Å². The number of amides is 1. The maximum Gasteiger partial charge on any atom is 0.228 e. The van der Waals surface area contributed by atoms with E-state index < -0.39 is 0 Å². The summed E-state index contributed by atoms with van der Waals surface area (Å²) in [5.41, 5.74) is 0. The lowest BCUT2D eigenvalue weighted by atomic mass is 10.0. The molecule has 0 N–H and O–H groups in total. The highest BCUT2D eigenvalue weighted by Crippen LogP contribution is 2.20. The Hall–Kier alpha value is -0.940. The molecule has 0 saturated carbocycles. The van der Waals surface area contributed by atoms with E-state index in [0.29, 0.717) is 18.2 Å². The second-order valence-corrected chi connectivity index (χ2v) is 5.82. The number of anilines is 1. The third-order valence-electron chi connectivity index (χ3n) is 3.38. The molecule has 0 aromatic carbocycles. The average molecular weight is 312 g/mol. The van der Waals surface area contributed by atoms with E-state index in [1.807, 2.05) is 12.1 Å². The Morgan fingerprint density at radius 1 is 1.61 bits per heavy atom. The van der Waals surface area contributed by atoms with Crippen LogP contribution in [0.1, 0.15) is 12.8 Å². The molecule has 4 nitrogen and oxygen atoms in total. The SMILES string of the molecule is CN1CCC(CC(=O)N(C)c2ccc(Br)cn2)C1. The molecule has 0 aliphatic carbocycles. The molecule has 1 aromatic rings. The van der Waals surface area contributed by atoms with E-state index in [1.165, 1.54) is 0 Å². The van der Waals surface area contributed by atoms with Crippen molar-refractivity contribution in [2.45, 2.75) is 12.8 Å². The summed E-state index contributed by atoms with van der Waals surface area (Å²) in [7, 11) is 3.89. The largest absolute Gasteiger partial charge is 0.306 e. The number of likely N-dealkylation sites (tertiary alicyclic amines) is 1. The first-order valence-electron chi connectivity index (χ1n) is 6.13. The number of rotatable bonds is 3. The van der Waals surface area contributed by atoms with E-state index in [9.17, 15) is 4.79 Å². The third-order valence-corrected chi connectivity index (χ3v) is 3.85. The van der Waals surface area contributed by atoms with Crippen LogP contribution in [0.5, 0.6) is 0 Å². The van der Waals surface area contributed by atoms with Gasteiger partial charge < -0.3 is 4.90 Å². The summed E-state index contributed by atoms with van der Waals surface area (Å²) in [6.45, 7) is 2.12. The van der Waals surface area contributed by atoms with Crippen LogP contribution in [0.25, 0.3) is 0 Å². The van der Waals surface area contributed by atoms with Crippen molar-refractivity contribution >= 4 is 27.7 Å². The number of aromatic nitrogens is 1. The molecular weight excluding hydrogens is 294 g/mol. The molecule has 2 heterocycles. The molecule has 2 rings (SSSR count). The Balaban J connectivity index is 1.94. The maximum atomic E-state index is 12.1. The second-order valence-electron chi connectivity index (χ2n) is 4.91. The van der Waals surface area contributed by atoms with Crippen LogP contribution in [0, 0.1) is 5.92 Å². The first kappa shape index (κ1) is 13.5. The van der Waals surface area contributed by atoms with Crippen LogP contribution in [-0.2, 0) is 4.79 Å². The Morgan fingerprint density at radius 3 is 2.94 bits per heavy atom. The number of hydrogen-bond acceptors (Lipinski definition) is 3. The van der Waals surface area contributed by atoms with Gasteiger partial charge >= 0.3 is 0 Å². The zero-order valence-electron chi connectivity index (χ0n) is 10.8. The van der Waals surface area contributed by atoms with Gasteiger partial charge in [0.05, 0.1) is 0 Å². The molecule has 1 unspecified atom stereocenters. The number of pyridine rings is 1. The quantitative estimate of drug-likeness (QED) is 0.858. The second kappa shape index (κ2) is 5.80. The summed E-state index contributed by atoms with van der Waals surface area (Å²) >= 11 is 3.34. The normalized spacial score (nSPS) is 20.1. The topological polar surface area (TPSA) is 36.4 Å². The Labute approximate surface area is 116 Å². The van der Waals surface area contributed by atoms with Gasteiger partial charge in [0.25, 0.3) is 0 Å². The van der Waals surface area contributed by atoms with E-state index in [-0.39, 0.29) is 5.91 Å². The fourth-order valence-corrected chi connectivity index (χ4v) is 2.51. The van der Waals surface area contributed by atoms with Crippen LogP contribution in [-0.4, -0.2) is 43.0 Å². The van der Waals surface area contributed by atoms with Crippen LogP contribution < -0.4 is 4.90 Å². The lowest BCUT2D eigenvalue weighted by Gasteiger charge is -2.18. The Kier molecular flexibility index (Phi) is 4.35. The minimum atomic E-state index is 0.144. The molecule has 1 atom stereocenters. The number of carbonyl (C=O) groups excluding carboxylic acids is 1. The molecule has 1 fully saturated rings. The van der Waals surface area contributed by atoms with Gasteiger partial charge in [0.1, 0.15) is 5.82 Å². The highest BCUT2D eigenvalue weighted by Gasteiger charge is 2.24. The molecule has 1 aromatic heterocycles. The number of carbonyl (C=O) groups is 1. The highest BCUT2D eigenvalue weighted by molar-refractivity contribution is 9.10. The lowest BCUT2D eigenvalue weighted by Crippen LogP contribution is -2.29. The van der Waals surface area contributed by atoms with Gasteiger partial charge in [-0.1, -0.05) is 0 Å². The lowest BCUT2D eigenvalue weighted by molar-refractivity contribution is -0.119. The van der Waals surface area contributed by atoms with Crippen molar-refractivity contribution < 1.29 is 4.79 Å². The molecule has 18 heavy (non-hydrogen) atoms. The molecule has 0 radical (unpaired) electrons. The van der Waals surface area contributed by atoms with Crippen LogP contribution in [0.4, 0.5) is 5.82 Å². The van der Waals surface area contributed by atoms with Crippen molar-refractivity contribution in [3.05, 3.63) is 22.8 Å². The van der Waals surface area contributed by atoms with E-state index >= 15 is 0 Å². The van der Waals surface area contributed by atoms with Gasteiger partial charge in [-0.05, 0) is 54.0 Å². The fourth-order valence-electron chi connectivity index (χ4n) is 2.27. The van der Waals surface area contributed by atoms with Gasteiger partial charge in [0.2, 0.25) is 5.91 Å². The van der Waals surface area contributed by atoms with Gasteiger partial charge in [-0.15, -0.1) is 0 Å². The van der Waals surface area contributed by atoms with Crippen molar-refractivity contribution in [3.8, 4) is 0 Å². The molecule has 1 aliphatic heterocycles. The van der Waals surface area contributed by atoms with Crippen molar-refractivity contribution in [2.24, 2.45) is 5.92 Å². The summed E-state index contributed by atoms with van der Waals surface area (Å²) in [6, 6.07) is 3.75. The molecular formula is C13H18BrN3O. The monoisotopic (exact) mass is 311 g/mol. The number of halogens is 1. The Morgan fingerprint density at radius 2 is 2.39 bits per heavy atom. The predicted octanol–water partition coefficient (Wildman–Crippen LogP) is 2.15. The smallest absolute Gasteiger partial charge is 0.228 e.